The molecule has 1 aromatic heterocycles. The minimum Gasteiger partial charge on any atom is -0.383 e. The standard InChI is InChI=1S/C13H16BrN5O2/c1-9(8-21-2)15-12(20)7-19-17-13(16-18-19)10-3-5-11(14)6-4-10/h3-6,9H,7-8H2,1-2H3,(H,15,20)/t9-/m0/s1. The minimum atomic E-state index is -0.181. The zero-order valence-electron chi connectivity index (χ0n) is 11.8. The van der Waals surface area contributed by atoms with E-state index < -0.39 is 0 Å². The number of carbonyl (C=O) groups excluding carboxylic acids is 1. The molecule has 0 aliphatic rings. The molecule has 7 nitrogen and oxygen atoms in total. The van der Waals surface area contributed by atoms with Crippen molar-refractivity contribution in [2.45, 2.75) is 19.5 Å². The Kier molecular flexibility index (Phi) is 5.40. The molecule has 0 fully saturated rings. The van der Waals surface area contributed by atoms with Gasteiger partial charge in [-0.15, -0.1) is 10.2 Å². The fourth-order valence-electron chi connectivity index (χ4n) is 1.77. The summed E-state index contributed by atoms with van der Waals surface area (Å²) >= 11 is 3.37. The lowest BCUT2D eigenvalue weighted by molar-refractivity contribution is -0.123. The van der Waals surface area contributed by atoms with Gasteiger partial charge in [0.25, 0.3) is 0 Å². The van der Waals surface area contributed by atoms with Gasteiger partial charge in [-0.3, -0.25) is 4.79 Å². The van der Waals surface area contributed by atoms with Gasteiger partial charge in [0.05, 0.1) is 6.61 Å². The van der Waals surface area contributed by atoms with Gasteiger partial charge < -0.3 is 10.1 Å². The topological polar surface area (TPSA) is 81.9 Å². The van der Waals surface area contributed by atoms with Crippen LogP contribution in [0.4, 0.5) is 0 Å². The van der Waals surface area contributed by atoms with Crippen LogP contribution in [0, 0.1) is 0 Å². The number of carbonyl (C=O) groups is 1. The van der Waals surface area contributed by atoms with Gasteiger partial charge in [0.1, 0.15) is 6.54 Å². The van der Waals surface area contributed by atoms with Gasteiger partial charge in [-0.05, 0) is 36.4 Å². The number of aromatic nitrogens is 4. The molecule has 1 aromatic carbocycles. The second kappa shape index (κ2) is 7.28. The van der Waals surface area contributed by atoms with Crippen molar-refractivity contribution in [1.29, 1.82) is 0 Å². The fraction of sp³-hybridized carbons (Fsp3) is 0.385. The lowest BCUT2D eigenvalue weighted by Gasteiger charge is -2.11. The zero-order valence-corrected chi connectivity index (χ0v) is 13.4. The second-order valence-electron chi connectivity index (χ2n) is 4.57. The van der Waals surface area contributed by atoms with Gasteiger partial charge in [-0.1, -0.05) is 15.9 Å². The van der Waals surface area contributed by atoms with Crippen LogP contribution in [0.1, 0.15) is 6.92 Å². The van der Waals surface area contributed by atoms with E-state index in [0.717, 1.165) is 10.0 Å². The largest absolute Gasteiger partial charge is 0.383 e. The Morgan fingerprint density at radius 1 is 1.43 bits per heavy atom. The number of ether oxygens (including phenoxy) is 1. The summed E-state index contributed by atoms with van der Waals surface area (Å²) in [4.78, 5) is 13.1. The quantitative estimate of drug-likeness (QED) is 0.845. The zero-order chi connectivity index (χ0) is 15.2. The molecule has 0 bridgehead atoms. The van der Waals surface area contributed by atoms with Crippen molar-refractivity contribution >= 4 is 21.8 Å². The van der Waals surface area contributed by atoms with Crippen molar-refractivity contribution in [3.8, 4) is 11.4 Å². The predicted molar refractivity (Wildman–Crippen MR) is 80.4 cm³/mol. The molecule has 1 heterocycles. The number of halogens is 1. The van der Waals surface area contributed by atoms with E-state index in [1.165, 1.54) is 4.80 Å². The van der Waals surface area contributed by atoms with Crippen LogP contribution in [0.25, 0.3) is 11.4 Å². The summed E-state index contributed by atoms with van der Waals surface area (Å²) in [5.74, 6) is 0.305. The number of tetrazole rings is 1. The van der Waals surface area contributed by atoms with E-state index in [1.807, 2.05) is 31.2 Å². The van der Waals surface area contributed by atoms with E-state index in [1.54, 1.807) is 7.11 Å². The van der Waals surface area contributed by atoms with Crippen LogP contribution in [0.2, 0.25) is 0 Å². The third-order valence-electron chi connectivity index (χ3n) is 2.66. The van der Waals surface area contributed by atoms with Gasteiger partial charge in [-0.2, -0.15) is 4.80 Å². The summed E-state index contributed by atoms with van der Waals surface area (Å²) in [6, 6.07) is 7.50. The summed E-state index contributed by atoms with van der Waals surface area (Å²) in [5, 5.41) is 14.8. The van der Waals surface area contributed by atoms with E-state index in [-0.39, 0.29) is 18.5 Å². The summed E-state index contributed by atoms with van der Waals surface area (Å²) in [6.45, 7) is 2.35. The highest BCUT2D eigenvalue weighted by Gasteiger charge is 2.11. The molecule has 0 aliphatic carbocycles. The third-order valence-corrected chi connectivity index (χ3v) is 3.19. The number of nitrogens with one attached hydrogen (secondary N) is 1. The molecule has 0 aliphatic heterocycles. The molecule has 21 heavy (non-hydrogen) atoms. The molecule has 2 rings (SSSR count). The number of amides is 1. The first-order valence-electron chi connectivity index (χ1n) is 6.40. The van der Waals surface area contributed by atoms with Crippen molar-refractivity contribution in [1.82, 2.24) is 25.5 Å². The molecule has 0 saturated carbocycles. The minimum absolute atomic E-state index is 0.0254. The van der Waals surface area contributed by atoms with Crippen molar-refractivity contribution in [2.24, 2.45) is 0 Å². The first kappa shape index (κ1) is 15.6. The van der Waals surface area contributed by atoms with Crippen LogP contribution in [0.15, 0.2) is 28.7 Å². The number of hydrogen-bond acceptors (Lipinski definition) is 5. The highest BCUT2D eigenvalue weighted by Crippen LogP contribution is 2.17. The van der Waals surface area contributed by atoms with Gasteiger partial charge in [0.2, 0.25) is 11.7 Å². The molecule has 0 radical (unpaired) electrons. The SMILES string of the molecule is COC[C@H](C)NC(=O)Cn1nnc(-c2ccc(Br)cc2)n1. The summed E-state index contributed by atoms with van der Waals surface area (Å²) in [6.07, 6.45) is 0. The Hall–Kier alpha value is -1.80. The maximum absolute atomic E-state index is 11.8. The molecule has 1 amide bonds. The van der Waals surface area contributed by atoms with Crippen LogP contribution < -0.4 is 5.32 Å². The molecule has 2 aromatic rings. The number of benzene rings is 1. The van der Waals surface area contributed by atoms with Crippen LogP contribution >= 0.6 is 15.9 Å². The molecule has 0 unspecified atom stereocenters. The maximum Gasteiger partial charge on any atom is 0.243 e. The Labute approximate surface area is 130 Å². The van der Waals surface area contributed by atoms with E-state index >= 15 is 0 Å². The lowest BCUT2D eigenvalue weighted by atomic mass is 10.2. The predicted octanol–water partition coefficient (Wildman–Crippen LogP) is 1.25. The first-order valence-corrected chi connectivity index (χ1v) is 7.20. The number of methoxy groups -OCH3 is 1. The Morgan fingerprint density at radius 2 is 2.14 bits per heavy atom. The summed E-state index contributed by atoms with van der Waals surface area (Å²) in [5.41, 5.74) is 0.845. The normalized spacial score (nSPS) is 12.1. The fourth-order valence-corrected chi connectivity index (χ4v) is 2.03. The van der Waals surface area contributed by atoms with Crippen LogP contribution in [0.3, 0.4) is 0 Å². The molecule has 1 N–H and O–H groups in total. The highest BCUT2D eigenvalue weighted by molar-refractivity contribution is 9.10. The summed E-state index contributed by atoms with van der Waals surface area (Å²) < 4.78 is 5.93. The van der Waals surface area contributed by atoms with E-state index in [0.29, 0.717) is 12.4 Å². The summed E-state index contributed by atoms with van der Waals surface area (Å²) in [7, 11) is 1.59. The first-order chi connectivity index (χ1) is 10.1. The van der Waals surface area contributed by atoms with E-state index in [4.69, 9.17) is 4.74 Å². The van der Waals surface area contributed by atoms with Gasteiger partial charge in [0, 0.05) is 23.2 Å². The molecule has 8 heteroatoms. The second-order valence-corrected chi connectivity index (χ2v) is 5.49. The van der Waals surface area contributed by atoms with Crippen molar-refractivity contribution < 1.29 is 9.53 Å². The molecular formula is C13H16BrN5O2. The molecule has 112 valence electrons. The van der Waals surface area contributed by atoms with Gasteiger partial charge >= 0.3 is 0 Å². The molecule has 0 saturated heterocycles. The molecule has 1 atom stereocenters. The van der Waals surface area contributed by atoms with E-state index in [9.17, 15) is 4.79 Å². The van der Waals surface area contributed by atoms with Crippen molar-refractivity contribution in [3.63, 3.8) is 0 Å². The Morgan fingerprint density at radius 3 is 2.81 bits per heavy atom. The Balaban J connectivity index is 1.97. The molecule has 0 spiro atoms. The number of nitrogens with zero attached hydrogens (tertiary/aromatic N) is 4. The van der Waals surface area contributed by atoms with Gasteiger partial charge in [-0.25, -0.2) is 0 Å². The van der Waals surface area contributed by atoms with Gasteiger partial charge in [0.15, 0.2) is 0 Å². The van der Waals surface area contributed by atoms with Crippen LogP contribution in [-0.2, 0) is 16.1 Å². The van der Waals surface area contributed by atoms with Crippen LogP contribution in [0.5, 0.6) is 0 Å². The van der Waals surface area contributed by atoms with E-state index in [2.05, 4.69) is 36.7 Å². The number of rotatable bonds is 6. The third kappa shape index (κ3) is 4.61. The van der Waals surface area contributed by atoms with Crippen LogP contribution in [-0.4, -0.2) is 45.9 Å². The lowest BCUT2D eigenvalue weighted by Crippen LogP contribution is -2.38. The maximum atomic E-state index is 11.8. The molecular weight excluding hydrogens is 338 g/mol. The monoisotopic (exact) mass is 353 g/mol. The smallest absolute Gasteiger partial charge is 0.243 e. The Bertz CT molecular complexity index is 599. The average molecular weight is 354 g/mol. The van der Waals surface area contributed by atoms with Crippen molar-refractivity contribution in [2.75, 3.05) is 13.7 Å². The number of hydrogen-bond donors (Lipinski definition) is 1. The highest BCUT2D eigenvalue weighted by atomic mass is 79.9. The van der Waals surface area contributed by atoms with Crippen molar-refractivity contribution in [3.05, 3.63) is 28.7 Å². The average Bonchev–Trinajstić information content (AvgIpc) is 2.88.